The van der Waals surface area contributed by atoms with Crippen molar-refractivity contribution in [3.05, 3.63) is 23.8 Å². The number of amides is 1. The van der Waals surface area contributed by atoms with Gasteiger partial charge in [-0.25, -0.2) is 0 Å². The molecule has 1 aromatic carbocycles. The molecule has 0 saturated carbocycles. The second-order valence-electron chi connectivity index (χ2n) is 5.78. The van der Waals surface area contributed by atoms with Crippen molar-refractivity contribution in [3.63, 3.8) is 0 Å². The van der Waals surface area contributed by atoms with E-state index in [1.54, 1.807) is 14.2 Å². The van der Waals surface area contributed by atoms with E-state index in [1.807, 2.05) is 18.2 Å². The first-order valence-corrected chi connectivity index (χ1v) is 8.04. The molecule has 0 atom stereocenters. The van der Waals surface area contributed by atoms with E-state index in [0.29, 0.717) is 13.1 Å². The molecule has 1 heterocycles. The first kappa shape index (κ1) is 16.6. The Hall–Kier alpha value is -1.75. The highest BCUT2D eigenvalue weighted by Gasteiger charge is 2.16. The summed E-state index contributed by atoms with van der Waals surface area (Å²) in [7, 11) is 3.26. The molecule has 1 fully saturated rings. The third-order valence-electron chi connectivity index (χ3n) is 4.16. The number of likely N-dealkylation sites (tertiary alicyclic amines) is 1. The summed E-state index contributed by atoms with van der Waals surface area (Å²) < 4.78 is 10.5. The molecule has 0 aromatic heterocycles. The van der Waals surface area contributed by atoms with Gasteiger partial charge >= 0.3 is 0 Å². The molecule has 0 spiro atoms. The highest BCUT2D eigenvalue weighted by atomic mass is 16.5. The molecule has 0 radical (unpaired) electrons. The number of carbonyl (C=O) groups is 1. The van der Waals surface area contributed by atoms with Gasteiger partial charge in [-0.05, 0) is 43.4 Å². The molecule has 5 heteroatoms. The Kier molecular flexibility index (Phi) is 6.52. The van der Waals surface area contributed by atoms with Crippen molar-refractivity contribution in [2.75, 3.05) is 40.4 Å². The quantitative estimate of drug-likeness (QED) is 0.768. The highest BCUT2D eigenvalue weighted by Crippen LogP contribution is 2.27. The average Bonchev–Trinajstić information content (AvgIpc) is 2.55. The van der Waals surface area contributed by atoms with Crippen molar-refractivity contribution >= 4 is 5.91 Å². The van der Waals surface area contributed by atoms with Gasteiger partial charge in [-0.2, -0.15) is 0 Å². The molecule has 2 rings (SSSR count). The van der Waals surface area contributed by atoms with Crippen LogP contribution in [0.1, 0.15) is 24.8 Å². The van der Waals surface area contributed by atoms with Gasteiger partial charge in [-0.15, -0.1) is 0 Å². The maximum absolute atomic E-state index is 11.9. The largest absolute Gasteiger partial charge is 0.493 e. The third kappa shape index (κ3) is 4.91. The van der Waals surface area contributed by atoms with E-state index < -0.39 is 0 Å². The second kappa shape index (κ2) is 8.63. The van der Waals surface area contributed by atoms with Crippen molar-refractivity contribution in [2.24, 2.45) is 0 Å². The van der Waals surface area contributed by atoms with Crippen molar-refractivity contribution < 1.29 is 19.2 Å². The maximum Gasteiger partial charge on any atom is 0.275 e. The van der Waals surface area contributed by atoms with Gasteiger partial charge in [0.25, 0.3) is 5.91 Å². The van der Waals surface area contributed by atoms with Crippen LogP contribution in [-0.2, 0) is 11.2 Å². The number of benzene rings is 1. The molecule has 0 bridgehead atoms. The summed E-state index contributed by atoms with van der Waals surface area (Å²) in [6.45, 7) is 3.51. The van der Waals surface area contributed by atoms with Gasteiger partial charge in [0, 0.05) is 6.54 Å². The molecule has 5 nitrogen and oxygen atoms in total. The maximum atomic E-state index is 11.9. The first-order valence-electron chi connectivity index (χ1n) is 8.04. The number of nitrogens with one attached hydrogen (secondary N) is 2. The molecule has 0 unspecified atom stereocenters. The normalized spacial score (nSPS) is 15.4. The van der Waals surface area contributed by atoms with Crippen LogP contribution in [0.5, 0.6) is 11.5 Å². The Morgan fingerprint density at radius 3 is 2.55 bits per heavy atom. The van der Waals surface area contributed by atoms with Crippen LogP contribution in [0.15, 0.2) is 18.2 Å². The van der Waals surface area contributed by atoms with E-state index in [-0.39, 0.29) is 5.91 Å². The van der Waals surface area contributed by atoms with E-state index in [4.69, 9.17) is 9.47 Å². The van der Waals surface area contributed by atoms with Crippen LogP contribution < -0.4 is 19.7 Å². The third-order valence-corrected chi connectivity index (χ3v) is 4.16. The zero-order valence-electron chi connectivity index (χ0n) is 13.6. The topological polar surface area (TPSA) is 52.0 Å². The number of hydrogen-bond acceptors (Lipinski definition) is 3. The van der Waals surface area contributed by atoms with E-state index >= 15 is 0 Å². The fourth-order valence-electron chi connectivity index (χ4n) is 2.90. The molecule has 1 amide bonds. The zero-order chi connectivity index (χ0) is 15.8. The summed E-state index contributed by atoms with van der Waals surface area (Å²) in [4.78, 5) is 13.4. The Labute approximate surface area is 132 Å². The molecule has 0 aliphatic carbocycles. The number of carbonyl (C=O) groups excluding carboxylic acids is 1. The Morgan fingerprint density at radius 2 is 1.86 bits per heavy atom. The molecule has 1 aromatic rings. The molecule has 122 valence electrons. The number of quaternary nitrogens is 1. The molecular weight excluding hydrogens is 280 g/mol. The lowest BCUT2D eigenvalue weighted by atomic mass is 10.1. The van der Waals surface area contributed by atoms with Crippen molar-refractivity contribution in [1.82, 2.24) is 5.32 Å². The molecule has 1 saturated heterocycles. The van der Waals surface area contributed by atoms with Crippen LogP contribution in [0.25, 0.3) is 0 Å². The van der Waals surface area contributed by atoms with E-state index in [9.17, 15) is 4.79 Å². The average molecular weight is 307 g/mol. The summed E-state index contributed by atoms with van der Waals surface area (Å²) >= 11 is 0. The van der Waals surface area contributed by atoms with Crippen LogP contribution in [0.2, 0.25) is 0 Å². The number of methoxy groups -OCH3 is 2. The van der Waals surface area contributed by atoms with E-state index in [1.165, 1.54) is 24.2 Å². The Balaban J connectivity index is 1.74. The number of rotatable bonds is 7. The summed E-state index contributed by atoms with van der Waals surface area (Å²) in [6, 6.07) is 5.86. The van der Waals surface area contributed by atoms with Crippen molar-refractivity contribution in [3.8, 4) is 11.5 Å². The summed E-state index contributed by atoms with van der Waals surface area (Å²) in [5.41, 5.74) is 1.13. The summed E-state index contributed by atoms with van der Waals surface area (Å²) in [5.74, 6) is 1.60. The van der Waals surface area contributed by atoms with E-state index in [2.05, 4.69) is 5.32 Å². The fraction of sp³-hybridized carbons (Fsp3) is 0.588. The van der Waals surface area contributed by atoms with Gasteiger partial charge in [-0.3, -0.25) is 4.79 Å². The van der Waals surface area contributed by atoms with Crippen molar-refractivity contribution in [2.45, 2.75) is 25.7 Å². The van der Waals surface area contributed by atoms with Gasteiger partial charge in [0.15, 0.2) is 18.0 Å². The van der Waals surface area contributed by atoms with Gasteiger partial charge in [0.05, 0.1) is 27.3 Å². The lowest BCUT2D eigenvalue weighted by molar-refractivity contribution is -0.896. The minimum absolute atomic E-state index is 0.150. The van der Waals surface area contributed by atoms with Crippen molar-refractivity contribution in [1.29, 1.82) is 0 Å². The Bertz CT molecular complexity index is 485. The lowest BCUT2D eigenvalue weighted by Crippen LogP contribution is -3.13. The van der Waals surface area contributed by atoms with Gasteiger partial charge in [0.1, 0.15) is 0 Å². The summed E-state index contributed by atoms with van der Waals surface area (Å²) in [6.07, 6.45) is 4.59. The predicted octanol–water partition coefficient (Wildman–Crippen LogP) is 0.431. The van der Waals surface area contributed by atoms with Gasteiger partial charge in [-0.1, -0.05) is 6.07 Å². The molecular formula is C17H27N2O3+. The van der Waals surface area contributed by atoms with Gasteiger partial charge < -0.3 is 19.7 Å². The van der Waals surface area contributed by atoms with Crippen LogP contribution in [0, 0.1) is 0 Å². The Morgan fingerprint density at radius 1 is 1.14 bits per heavy atom. The first-order chi connectivity index (χ1) is 10.7. The predicted molar refractivity (Wildman–Crippen MR) is 85.7 cm³/mol. The minimum Gasteiger partial charge on any atom is -0.493 e. The fourth-order valence-corrected chi connectivity index (χ4v) is 2.90. The zero-order valence-corrected chi connectivity index (χ0v) is 13.6. The van der Waals surface area contributed by atoms with Crippen LogP contribution in [0.3, 0.4) is 0 Å². The SMILES string of the molecule is COc1ccc(CCNC(=O)C[NH+]2CCCCC2)cc1OC. The van der Waals surface area contributed by atoms with E-state index in [0.717, 1.165) is 36.6 Å². The highest BCUT2D eigenvalue weighted by molar-refractivity contribution is 5.76. The lowest BCUT2D eigenvalue weighted by Gasteiger charge is -2.22. The molecule has 22 heavy (non-hydrogen) atoms. The van der Waals surface area contributed by atoms with Crippen LogP contribution in [0.4, 0.5) is 0 Å². The molecule has 2 N–H and O–H groups in total. The molecule has 1 aliphatic rings. The minimum atomic E-state index is 0.150. The standard InChI is InChI=1S/C17H26N2O3/c1-21-15-7-6-14(12-16(15)22-2)8-9-18-17(20)13-19-10-4-3-5-11-19/h6-7,12H,3-5,8-11,13H2,1-2H3,(H,18,20)/p+1. The molecule has 1 aliphatic heterocycles. The second-order valence-corrected chi connectivity index (χ2v) is 5.78. The van der Waals surface area contributed by atoms with Crippen LogP contribution in [-0.4, -0.2) is 46.3 Å². The van der Waals surface area contributed by atoms with Gasteiger partial charge in [0.2, 0.25) is 0 Å². The number of hydrogen-bond donors (Lipinski definition) is 2. The smallest absolute Gasteiger partial charge is 0.275 e. The monoisotopic (exact) mass is 307 g/mol. The van der Waals surface area contributed by atoms with Crippen LogP contribution >= 0.6 is 0 Å². The number of ether oxygens (including phenoxy) is 2. The number of piperidine rings is 1. The summed E-state index contributed by atoms with van der Waals surface area (Å²) in [5, 5.41) is 3.01.